The van der Waals surface area contributed by atoms with Crippen molar-refractivity contribution in [1.29, 1.82) is 0 Å². The number of nitrogens with zero attached hydrogens (tertiary/aromatic N) is 2. The lowest BCUT2D eigenvalue weighted by Crippen LogP contribution is -2.40. The molecule has 3 fully saturated rings. The maximum Gasteiger partial charge on any atom is 0.435 e. The van der Waals surface area contributed by atoms with Gasteiger partial charge in [0, 0.05) is 31.1 Å². The normalized spacial score (nSPS) is 32.4. The number of nitrogens with one attached hydrogen (secondary N) is 1. The summed E-state index contributed by atoms with van der Waals surface area (Å²) in [5.41, 5.74) is -0.432. The Hall–Kier alpha value is -1.57. The number of aromatic nitrogens is 2. The van der Waals surface area contributed by atoms with Crippen LogP contribution in [0.3, 0.4) is 0 Å². The van der Waals surface area contributed by atoms with Crippen LogP contribution in [0.4, 0.5) is 13.2 Å². The molecule has 4 heterocycles. The number of alkyl halides is 3. The average Bonchev–Trinajstić information content (AvgIpc) is 3.30. The van der Waals surface area contributed by atoms with Crippen molar-refractivity contribution in [3.05, 3.63) is 17.5 Å². The highest BCUT2D eigenvalue weighted by Crippen LogP contribution is 2.41. The lowest BCUT2D eigenvalue weighted by molar-refractivity contribution is -0.141. The lowest BCUT2D eigenvalue weighted by atomic mass is 9.86. The molecule has 1 aromatic rings. The fraction of sp³-hybridized carbons (Fsp3) is 0.765. The molecule has 138 valence electrons. The molecule has 1 amide bonds. The topological polar surface area (TPSA) is 58.2 Å². The number of rotatable bonds is 3. The molecular formula is C17H22F3N3O2. The van der Waals surface area contributed by atoms with Crippen molar-refractivity contribution < 1.29 is 22.7 Å². The number of hydrogen-bond donors (Lipinski definition) is 1. The van der Waals surface area contributed by atoms with Crippen LogP contribution < -0.4 is 0 Å². The van der Waals surface area contributed by atoms with E-state index in [9.17, 15) is 18.0 Å². The molecule has 8 heteroatoms. The van der Waals surface area contributed by atoms with Crippen LogP contribution >= 0.6 is 0 Å². The number of likely N-dealkylation sites (tertiary alicyclic amines) is 1. The second-order valence-corrected chi connectivity index (χ2v) is 7.46. The second-order valence-electron chi connectivity index (χ2n) is 7.46. The Bertz CT molecular complexity index is 645. The molecule has 0 radical (unpaired) electrons. The molecule has 2 bridgehead atoms. The van der Waals surface area contributed by atoms with Gasteiger partial charge >= 0.3 is 6.18 Å². The number of carbonyl (C=O) groups excluding carboxylic acids is 1. The summed E-state index contributed by atoms with van der Waals surface area (Å²) < 4.78 is 44.0. The first-order valence-electron chi connectivity index (χ1n) is 8.96. The van der Waals surface area contributed by atoms with E-state index in [1.54, 1.807) is 4.90 Å². The first kappa shape index (κ1) is 16.9. The number of piperidine rings is 1. The van der Waals surface area contributed by atoms with E-state index in [0.717, 1.165) is 38.2 Å². The number of carbonyl (C=O) groups is 1. The summed E-state index contributed by atoms with van der Waals surface area (Å²) >= 11 is 0. The van der Waals surface area contributed by atoms with E-state index in [2.05, 4.69) is 10.2 Å². The Morgan fingerprint density at radius 3 is 2.84 bits per heavy atom. The summed E-state index contributed by atoms with van der Waals surface area (Å²) in [5, 5.41) is 5.88. The van der Waals surface area contributed by atoms with Crippen molar-refractivity contribution in [2.24, 2.45) is 5.92 Å². The smallest absolute Gasteiger partial charge is 0.375 e. The molecule has 1 aromatic heterocycles. The van der Waals surface area contributed by atoms with Crippen molar-refractivity contribution >= 4 is 5.91 Å². The molecule has 1 N–H and O–H groups in total. The Morgan fingerprint density at radius 2 is 2.20 bits per heavy atom. The third-order valence-corrected chi connectivity index (χ3v) is 5.77. The van der Waals surface area contributed by atoms with Gasteiger partial charge in [0.05, 0.1) is 12.2 Å². The number of H-pyrrole nitrogens is 1. The van der Waals surface area contributed by atoms with Gasteiger partial charge in [-0.15, -0.1) is 0 Å². The van der Waals surface area contributed by atoms with Crippen LogP contribution in [0.25, 0.3) is 0 Å². The fourth-order valence-electron chi connectivity index (χ4n) is 4.46. The average molecular weight is 357 g/mol. The van der Waals surface area contributed by atoms with Crippen molar-refractivity contribution in [3.63, 3.8) is 0 Å². The van der Waals surface area contributed by atoms with Crippen molar-refractivity contribution in [3.8, 4) is 0 Å². The maximum absolute atomic E-state index is 12.7. The molecule has 3 saturated heterocycles. The zero-order valence-electron chi connectivity index (χ0n) is 13.9. The quantitative estimate of drug-likeness (QED) is 0.904. The van der Waals surface area contributed by atoms with Gasteiger partial charge in [-0.25, -0.2) is 0 Å². The number of aromatic amines is 1. The molecule has 4 unspecified atom stereocenters. The molecule has 25 heavy (non-hydrogen) atoms. The van der Waals surface area contributed by atoms with Crippen LogP contribution in [0, 0.1) is 5.92 Å². The minimum Gasteiger partial charge on any atom is -0.375 e. The van der Waals surface area contributed by atoms with Gasteiger partial charge in [-0.2, -0.15) is 18.3 Å². The largest absolute Gasteiger partial charge is 0.435 e. The third-order valence-electron chi connectivity index (χ3n) is 5.77. The second kappa shape index (κ2) is 6.30. The molecule has 0 aromatic carbocycles. The predicted molar refractivity (Wildman–Crippen MR) is 82.8 cm³/mol. The molecular weight excluding hydrogens is 335 g/mol. The standard InChI is InChI=1S/C17H22F3N3O2/c18-17(19,20)15-8-13(21-22-15)10-2-1-5-23(9-10)16(24)7-11-6-12-3-4-14(11)25-12/h8,10-12,14H,1-7,9H2,(H,21,22). The Balaban J connectivity index is 1.37. The summed E-state index contributed by atoms with van der Waals surface area (Å²) in [5.74, 6) is 0.287. The van der Waals surface area contributed by atoms with Crippen LogP contribution in [0.15, 0.2) is 6.07 Å². The van der Waals surface area contributed by atoms with Crippen LogP contribution in [0.2, 0.25) is 0 Å². The molecule has 4 rings (SSSR count). The van der Waals surface area contributed by atoms with Gasteiger partial charge in [0.1, 0.15) is 0 Å². The molecule has 4 atom stereocenters. The first-order chi connectivity index (χ1) is 11.9. The van der Waals surface area contributed by atoms with Crippen molar-refractivity contribution in [1.82, 2.24) is 15.1 Å². The summed E-state index contributed by atoms with van der Waals surface area (Å²) in [6, 6.07) is 1.07. The van der Waals surface area contributed by atoms with Crippen LogP contribution in [-0.4, -0.2) is 46.3 Å². The van der Waals surface area contributed by atoms with Gasteiger partial charge in [-0.05, 0) is 44.1 Å². The highest BCUT2D eigenvalue weighted by molar-refractivity contribution is 5.76. The summed E-state index contributed by atoms with van der Waals surface area (Å²) in [6.07, 6.45) is 1.25. The van der Waals surface area contributed by atoms with Gasteiger partial charge in [0.25, 0.3) is 0 Å². The number of fused-ring (bicyclic) bond motifs is 2. The maximum atomic E-state index is 12.7. The Labute approximate surface area is 143 Å². The van der Waals surface area contributed by atoms with E-state index in [4.69, 9.17) is 4.74 Å². The van der Waals surface area contributed by atoms with E-state index in [0.29, 0.717) is 37.2 Å². The molecule has 3 aliphatic heterocycles. The van der Waals surface area contributed by atoms with Crippen molar-refractivity contribution in [2.75, 3.05) is 13.1 Å². The van der Waals surface area contributed by atoms with Gasteiger partial charge in [0.2, 0.25) is 5.91 Å². The van der Waals surface area contributed by atoms with E-state index < -0.39 is 11.9 Å². The molecule has 0 spiro atoms. The van der Waals surface area contributed by atoms with E-state index in [-0.39, 0.29) is 17.9 Å². The lowest BCUT2D eigenvalue weighted by Gasteiger charge is -2.33. The predicted octanol–water partition coefficient (Wildman–Crippen LogP) is 3.09. The minimum atomic E-state index is -4.44. The number of hydrogen-bond acceptors (Lipinski definition) is 3. The number of halogens is 3. The zero-order valence-corrected chi connectivity index (χ0v) is 13.9. The highest BCUT2D eigenvalue weighted by atomic mass is 19.4. The Kier molecular flexibility index (Phi) is 4.25. The summed E-state index contributed by atoms with van der Waals surface area (Å²) in [4.78, 5) is 14.4. The van der Waals surface area contributed by atoms with Crippen molar-refractivity contribution in [2.45, 2.75) is 62.8 Å². The molecule has 5 nitrogen and oxygen atoms in total. The van der Waals surface area contributed by atoms with E-state index in [1.807, 2.05) is 0 Å². The first-order valence-corrected chi connectivity index (χ1v) is 8.96. The van der Waals surface area contributed by atoms with Gasteiger partial charge in [-0.3, -0.25) is 9.89 Å². The number of ether oxygens (including phenoxy) is 1. The SMILES string of the molecule is O=C(CC1CC2CCC1O2)N1CCCC(c2cc(C(F)(F)F)n[nH]2)C1. The van der Waals surface area contributed by atoms with Crippen LogP contribution in [-0.2, 0) is 15.7 Å². The Morgan fingerprint density at radius 1 is 1.36 bits per heavy atom. The van der Waals surface area contributed by atoms with Gasteiger partial charge < -0.3 is 9.64 Å². The summed E-state index contributed by atoms with van der Waals surface area (Å²) in [6.45, 7) is 1.14. The molecule has 3 aliphatic rings. The zero-order chi connectivity index (χ0) is 17.6. The van der Waals surface area contributed by atoms with Gasteiger partial charge in [-0.1, -0.05) is 0 Å². The van der Waals surface area contributed by atoms with E-state index in [1.165, 1.54) is 0 Å². The minimum absolute atomic E-state index is 0.0985. The summed E-state index contributed by atoms with van der Waals surface area (Å²) in [7, 11) is 0. The fourth-order valence-corrected chi connectivity index (χ4v) is 4.46. The number of amides is 1. The van der Waals surface area contributed by atoms with Crippen LogP contribution in [0.1, 0.15) is 55.8 Å². The molecule has 0 aliphatic carbocycles. The monoisotopic (exact) mass is 357 g/mol. The van der Waals surface area contributed by atoms with E-state index >= 15 is 0 Å². The third kappa shape index (κ3) is 3.41. The highest BCUT2D eigenvalue weighted by Gasteiger charge is 2.42. The molecule has 0 saturated carbocycles. The van der Waals surface area contributed by atoms with Crippen LogP contribution in [0.5, 0.6) is 0 Å². The van der Waals surface area contributed by atoms with Gasteiger partial charge in [0.15, 0.2) is 5.69 Å².